The van der Waals surface area contributed by atoms with Crippen LogP contribution in [0.5, 0.6) is 0 Å². The van der Waals surface area contributed by atoms with E-state index >= 15 is 0 Å². The number of nitrogens with one attached hydrogen (secondary N) is 1. The highest BCUT2D eigenvalue weighted by Crippen LogP contribution is 2.20. The highest BCUT2D eigenvalue weighted by Gasteiger charge is 2.14. The Balaban J connectivity index is 2.27. The maximum Gasteiger partial charge on any atom is 0.0954 e. The Morgan fingerprint density at radius 1 is 1.60 bits per heavy atom. The number of nitrogens with zero attached hydrogens (tertiary/aromatic N) is 2. The van der Waals surface area contributed by atoms with E-state index in [0.717, 1.165) is 17.7 Å². The lowest BCUT2D eigenvalue weighted by Gasteiger charge is -2.11. The van der Waals surface area contributed by atoms with E-state index in [1.165, 1.54) is 0 Å². The van der Waals surface area contributed by atoms with Crippen LogP contribution in [0.4, 0.5) is 0 Å². The van der Waals surface area contributed by atoms with Gasteiger partial charge in [-0.25, -0.2) is 5.43 Å². The lowest BCUT2D eigenvalue weighted by molar-refractivity contribution is 0.553. The van der Waals surface area contributed by atoms with Gasteiger partial charge in [0.25, 0.3) is 0 Å². The van der Waals surface area contributed by atoms with Crippen LogP contribution in [0.15, 0.2) is 35.4 Å². The van der Waals surface area contributed by atoms with Gasteiger partial charge < -0.3 is 4.42 Å². The van der Waals surface area contributed by atoms with E-state index in [0.29, 0.717) is 0 Å². The number of aryl methyl sites for hydroxylation is 1. The van der Waals surface area contributed by atoms with Crippen LogP contribution in [-0.4, -0.2) is 9.78 Å². The van der Waals surface area contributed by atoms with Gasteiger partial charge in [0, 0.05) is 23.9 Å². The predicted molar refractivity (Wildman–Crippen MR) is 55.8 cm³/mol. The fraction of sp³-hybridized carbons (Fsp3) is 0.300. The molecule has 3 N–H and O–H groups in total. The minimum Gasteiger partial charge on any atom is -0.472 e. The highest BCUT2D eigenvalue weighted by atomic mass is 16.3. The molecule has 0 amide bonds. The average Bonchev–Trinajstić information content (AvgIpc) is 2.89. The van der Waals surface area contributed by atoms with Crippen molar-refractivity contribution in [2.24, 2.45) is 5.84 Å². The third-order valence-electron chi connectivity index (χ3n) is 2.35. The Kier molecular flexibility index (Phi) is 2.84. The second kappa shape index (κ2) is 4.29. The molecule has 5 heteroatoms. The molecule has 0 fully saturated rings. The van der Waals surface area contributed by atoms with Gasteiger partial charge >= 0.3 is 0 Å². The molecular formula is C10H14N4O. The van der Waals surface area contributed by atoms with Crippen molar-refractivity contribution in [2.75, 3.05) is 0 Å². The fourth-order valence-electron chi connectivity index (χ4n) is 1.53. The molecule has 0 saturated carbocycles. The molecule has 0 spiro atoms. The Labute approximate surface area is 87.8 Å². The molecule has 0 radical (unpaired) electrons. The maximum absolute atomic E-state index is 5.52. The number of hydrazine groups is 1. The zero-order valence-electron chi connectivity index (χ0n) is 8.55. The topological polar surface area (TPSA) is 69.0 Å². The number of aromatic nitrogens is 2. The summed E-state index contributed by atoms with van der Waals surface area (Å²) in [5, 5.41) is 4.20. The van der Waals surface area contributed by atoms with E-state index in [2.05, 4.69) is 10.5 Å². The molecule has 1 unspecified atom stereocenters. The van der Waals surface area contributed by atoms with Gasteiger partial charge in [-0.15, -0.1) is 0 Å². The summed E-state index contributed by atoms with van der Waals surface area (Å²) in [4.78, 5) is 0. The first-order valence-corrected chi connectivity index (χ1v) is 4.85. The summed E-state index contributed by atoms with van der Waals surface area (Å²) in [6, 6.07) is 1.82. The minimum atomic E-state index is -0.0657. The second-order valence-corrected chi connectivity index (χ2v) is 3.29. The summed E-state index contributed by atoms with van der Waals surface area (Å²) in [7, 11) is 0. The van der Waals surface area contributed by atoms with Gasteiger partial charge in [0.1, 0.15) is 0 Å². The zero-order valence-corrected chi connectivity index (χ0v) is 8.55. The Hall–Kier alpha value is -1.59. The van der Waals surface area contributed by atoms with Crippen molar-refractivity contribution in [3.05, 3.63) is 42.1 Å². The number of furan rings is 1. The van der Waals surface area contributed by atoms with E-state index < -0.39 is 0 Å². The summed E-state index contributed by atoms with van der Waals surface area (Å²) in [6.45, 7) is 2.89. The van der Waals surface area contributed by atoms with Gasteiger partial charge in [-0.3, -0.25) is 10.5 Å². The van der Waals surface area contributed by atoms with Crippen molar-refractivity contribution in [3.8, 4) is 0 Å². The van der Waals surface area contributed by atoms with Gasteiger partial charge in [0.05, 0.1) is 24.8 Å². The molecule has 80 valence electrons. The van der Waals surface area contributed by atoms with Crippen LogP contribution in [0.3, 0.4) is 0 Å². The fourth-order valence-corrected chi connectivity index (χ4v) is 1.53. The standard InChI is InChI=1S/C10H14N4O/c1-2-14-6-9(5-12-14)10(13-11)8-3-4-15-7-8/h3-7,10,13H,2,11H2,1H3. The van der Waals surface area contributed by atoms with Gasteiger partial charge in [-0.2, -0.15) is 5.10 Å². The van der Waals surface area contributed by atoms with Gasteiger partial charge in [0.2, 0.25) is 0 Å². The van der Waals surface area contributed by atoms with E-state index in [1.807, 2.05) is 23.9 Å². The second-order valence-electron chi connectivity index (χ2n) is 3.29. The van der Waals surface area contributed by atoms with Crippen LogP contribution in [0.1, 0.15) is 24.1 Å². The quantitative estimate of drug-likeness (QED) is 0.579. The predicted octanol–water partition coefficient (Wildman–Crippen LogP) is 1.05. The molecule has 1 atom stereocenters. The third-order valence-corrected chi connectivity index (χ3v) is 2.35. The van der Waals surface area contributed by atoms with Crippen molar-refractivity contribution in [2.45, 2.75) is 19.5 Å². The smallest absolute Gasteiger partial charge is 0.0954 e. The van der Waals surface area contributed by atoms with Crippen molar-refractivity contribution in [3.63, 3.8) is 0 Å². The average molecular weight is 206 g/mol. The molecule has 2 aromatic rings. The monoisotopic (exact) mass is 206 g/mol. The lowest BCUT2D eigenvalue weighted by atomic mass is 10.1. The molecule has 2 rings (SSSR count). The first-order chi connectivity index (χ1) is 7.35. The molecule has 5 nitrogen and oxygen atoms in total. The molecule has 0 aromatic carbocycles. The van der Waals surface area contributed by atoms with Crippen LogP contribution >= 0.6 is 0 Å². The van der Waals surface area contributed by atoms with Crippen molar-refractivity contribution >= 4 is 0 Å². The van der Waals surface area contributed by atoms with Crippen LogP contribution in [0.2, 0.25) is 0 Å². The van der Waals surface area contributed by atoms with Crippen LogP contribution in [0.25, 0.3) is 0 Å². The summed E-state index contributed by atoms with van der Waals surface area (Å²) in [5.74, 6) is 5.52. The van der Waals surface area contributed by atoms with Crippen molar-refractivity contribution < 1.29 is 4.42 Å². The van der Waals surface area contributed by atoms with E-state index in [-0.39, 0.29) is 6.04 Å². The number of nitrogens with two attached hydrogens (primary N) is 1. The van der Waals surface area contributed by atoms with Crippen LogP contribution in [-0.2, 0) is 6.54 Å². The largest absolute Gasteiger partial charge is 0.472 e. The third kappa shape index (κ3) is 1.93. The minimum absolute atomic E-state index is 0.0657. The molecule has 2 aromatic heterocycles. The molecule has 2 heterocycles. The molecule has 0 aliphatic carbocycles. The highest BCUT2D eigenvalue weighted by molar-refractivity contribution is 5.25. The molecular weight excluding hydrogens is 192 g/mol. The zero-order chi connectivity index (χ0) is 10.7. The Morgan fingerprint density at radius 3 is 3.00 bits per heavy atom. The van der Waals surface area contributed by atoms with Crippen molar-refractivity contribution in [1.82, 2.24) is 15.2 Å². The summed E-state index contributed by atoms with van der Waals surface area (Å²) >= 11 is 0. The van der Waals surface area contributed by atoms with Gasteiger partial charge in [0.15, 0.2) is 0 Å². The Bertz CT molecular complexity index is 407. The van der Waals surface area contributed by atoms with Gasteiger partial charge in [-0.05, 0) is 13.0 Å². The van der Waals surface area contributed by atoms with Gasteiger partial charge in [-0.1, -0.05) is 0 Å². The first-order valence-electron chi connectivity index (χ1n) is 4.85. The SMILES string of the molecule is CCn1cc(C(NN)c2ccoc2)cn1. The first kappa shape index (κ1) is 9.95. The van der Waals surface area contributed by atoms with Crippen LogP contribution < -0.4 is 11.3 Å². The van der Waals surface area contributed by atoms with E-state index in [1.54, 1.807) is 18.7 Å². The molecule has 15 heavy (non-hydrogen) atoms. The molecule has 0 saturated heterocycles. The summed E-state index contributed by atoms with van der Waals surface area (Å²) in [6.07, 6.45) is 7.08. The molecule has 0 aliphatic rings. The van der Waals surface area contributed by atoms with E-state index in [4.69, 9.17) is 10.3 Å². The summed E-state index contributed by atoms with van der Waals surface area (Å²) < 4.78 is 6.89. The number of hydrogen-bond donors (Lipinski definition) is 2. The normalized spacial score (nSPS) is 12.9. The molecule has 0 bridgehead atoms. The number of rotatable bonds is 4. The maximum atomic E-state index is 5.52. The Morgan fingerprint density at radius 2 is 2.47 bits per heavy atom. The number of hydrogen-bond acceptors (Lipinski definition) is 4. The lowest BCUT2D eigenvalue weighted by Crippen LogP contribution is -2.28. The molecule has 0 aliphatic heterocycles. The van der Waals surface area contributed by atoms with Crippen LogP contribution in [0, 0.1) is 0 Å². The van der Waals surface area contributed by atoms with E-state index in [9.17, 15) is 0 Å². The summed E-state index contributed by atoms with van der Waals surface area (Å²) in [5.41, 5.74) is 4.77. The van der Waals surface area contributed by atoms with Crippen molar-refractivity contribution in [1.29, 1.82) is 0 Å².